The number of guanidine groups is 1. The van der Waals surface area contributed by atoms with Crippen molar-refractivity contribution in [1.29, 1.82) is 5.41 Å². The van der Waals surface area contributed by atoms with E-state index in [-0.39, 0.29) is 16.5 Å². The van der Waals surface area contributed by atoms with Gasteiger partial charge in [-0.05, 0) is 20.3 Å². The molecule has 0 aliphatic carbocycles. The molecule has 0 amide bonds. The minimum atomic E-state index is -2.76. The molecule has 0 unspecified atom stereocenters. The Labute approximate surface area is 111 Å². The van der Waals surface area contributed by atoms with E-state index in [0.29, 0.717) is 6.42 Å². The van der Waals surface area contributed by atoms with Crippen molar-refractivity contribution in [3.8, 4) is 0 Å². The van der Waals surface area contributed by atoms with Gasteiger partial charge in [0.2, 0.25) is 0 Å². The summed E-state index contributed by atoms with van der Waals surface area (Å²) in [5, 5.41) is 9.96. The Hall–Kier alpha value is -0.633. The molecule has 0 rings (SSSR count). The van der Waals surface area contributed by atoms with Crippen LogP contribution in [0.2, 0.25) is 5.04 Å². The smallest absolute Gasteiger partial charge is 0.377 e. The van der Waals surface area contributed by atoms with Crippen LogP contribution in [0.1, 0.15) is 34.1 Å². The molecule has 0 aromatic rings. The third kappa shape index (κ3) is 3.94. The van der Waals surface area contributed by atoms with Crippen molar-refractivity contribution < 1.29 is 13.3 Å². The molecule has 6 nitrogen and oxygen atoms in total. The highest BCUT2D eigenvalue weighted by Gasteiger charge is 2.55. The van der Waals surface area contributed by atoms with E-state index in [9.17, 15) is 0 Å². The lowest BCUT2D eigenvalue weighted by Crippen LogP contribution is -2.57. The molecule has 0 heterocycles. The van der Waals surface area contributed by atoms with Gasteiger partial charge in [0.15, 0.2) is 5.96 Å². The van der Waals surface area contributed by atoms with Gasteiger partial charge in [0.1, 0.15) is 0 Å². The van der Waals surface area contributed by atoms with Gasteiger partial charge in [-0.1, -0.05) is 13.8 Å². The Morgan fingerprint density at radius 1 is 1.11 bits per heavy atom. The van der Waals surface area contributed by atoms with E-state index >= 15 is 0 Å². The summed E-state index contributed by atoms with van der Waals surface area (Å²) in [6.45, 7) is 8.05. The maximum atomic E-state index is 7.33. The summed E-state index contributed by atoms with van der Waals surface area (Å²) >= 11 is 0. The van der Waals surface area contributed by atoms with Crippen LogP contribution in [-0.2, 0) is 13.3 Å². The summed E-state index contributed by atoms with van der Waals surface area (Å²) in [6.07, 6.45) is 0.696. The van der Waals surface area contributed by atoms with Gasteiger partial charge in [0.05, 0.1) is 0 Å². The first-order chi connectivity index (χ1) is 8.06. The lowest BCUT2D eigenvalue weighted by Gasteiger charge is -2.43. The number of hydrogen-bond donors (Lipinski definition) is 3. The predicted octanol–water partition coefficient (Wildman–Crippen LogP) is 1.30. The van der Waals surface area contributed by atoms with Crippen LogP contribution in [-0.4, -0.2) is 41.6 Å². The molecule has 0 fully saturated rings. The van der Waals surface area contributed by atoms with Crippen LogP contribution in [0.4, 0.5) is 0 Å². The summed E-state index contributed by atoms with van der Waals surface area (Å²) in [6, 6.07) is 0. The number of hydrogen-bond acceptors (Lipinski definition) is 4. The Bertz CT molecular complexity index is 283. The first-order valence-electron chi connectivity index (χ1n) is 5.83. The lowest BCUT2D eigenvalue weighted by atomic mass is 9.92. The van der Waals surface area contributed by atoms with E-state index < -0.39 is 8.80 Å². The Balaban J connectivity index is 5.08. The fourth-order valence-corrected chi connectivity index (χ4v) is 5.52. The van der Waals surface area contributed by atoms with Gasteiger partial charge >= 0.3 is 8.80 Å². The van der Waals surface area contributed by atoms with Gasteiger partial charge in [0.25, 0.3) is 0 Å². The van der Waals surface area contributed by atoms with Crippen LogP contribution >= 0.6 is 0 Å². The first-order valence-corrected chi connectivity index (χ1v) is 7.56. The molecule has 0 aromatic carbocycles. The molecule has 108 valence electrons. The first kappa shape index (κ1) is 17.4. The second-order valence-electron chi connectivity index (χ2n) is 5.65. The molecule has 18 heavy (non-hydrogen) atoms. The average Bonchev–Trinajstić information content (AvgIpc) is 2.16. The van der Waals surface area contributed by atoms with E-state index in [4.69, 9.17) is 24.4 Å². The molecule has 0 spiro atoms. The quantitative estimate of drug-likeness (QED) is 0.371. The summed E-state index contributed by atoms with van der Waals surface area (Å²) in [5.41, 5.74) is 5.05. The van der Waals surface area contributed by atoms with Crippen molar-refractivity contribution in [1.82, 2.24) is 5.32 Å². The van der Waals surface area contributed by atoms with E-state index in [0.717, 1.165) is 0 Å². The molecule has 0 aliphatic rings. The summed E-state index contributed by atoms with van der Waals surface area (Å²) in [7, 11) is 2.05. The number of rotatable bonds is 7. The zero-order valence-corrected chi connectivity index (χ0v) is 13.5. The Kier molecular flexibility index (Phi) is 5.79. The molecule has 0 bridgehead atoms. The minimum absolute atomic E-state index is 0.0460. The van der Waals surface area contributed by atoms with Gasteiger partial charge < -0.3 is 24.3 Å². The predicted molar refractivity (Wildman–Crippen MR) is 74.6 cm³/mol. The number of nitrogens with two attached hydrogens (primary N) is 1. The van der Waals surface area contributed by atoms with Gasteiger partial charge in [-0.25, -0.2) is 0 Å². The second-order valence-corrected chi connectivity index (χ2v) is 9.34. The fraction of sp³-hybridized carbons (Fsp3) is 0.909. The normalized spacial score (nSPS) is 13.5. The van der Waals surface area contributed by atoms with Gasteiger partial charge in [-0.15, -0.1) is 0 Å². The van der Waals surface area contributed by atoms with Gasteiger partial charge in [-0.3, -0.25) is 5.41 Å². The number of nitrogens with one attached hydrogen (secondary N) is 2. The lowest BCUT2D eigenvalue weighted by molar-refractivity contribution is 0.0873. The molecular formula is C11H27N3O3Si. The van der Waals surface area contributed by atoms with Crippen LogP contribution in [0.25, 0.3) is 0 Å². The monoisotopic (exact) mass is 277 g/mol. The zero-order valence-electron chi connectivity index (χ0n) is 12.5. The molecular weight excluding hydrogens is 250 g/mol. The van der Waals surface area contributed by atoms with Crippen molar-refractivity contribution >= 4 is 14.8 Å². The van der Waals surface area contributed by atoms with Crippen molar-refractivity contribution in [2.45, 2.75) is 44.7 Å². The molecule has 0 saturated heterocycles. The molecule has 0 saturated carbocycles. The molecule has 0 aromatic heterocycles. The second kappa shape index (κ2) is 6.01. The van der Waals surface area contributed by atoms with E-state index in [1.54, 1.807) is 21.3 Å². The fourth-order valence-electron chi connectivity index (χ4n) is 2.70. The third-order valence-electron chi connectivity index (χ3n) is 2.99. The maximum absolute atomic E-state index is 7.33. The van der Waals surface area contributed by atoms with Crippen LogP contribution < -0.4 is 11.1 Å². The van der Waals surface area contributed by atoms with Crippen LogP contribution in [0, 0.1) is 5.41 Å². The van der Waals surface area contributed by atoms with Crippen molar-refractivity contribution in [3.05, 3.63) is 0 Å². The van der Waals surface area contributed by atoms with E-state index in [2.05, 4.69) is 5.32 Å². The summed E-state index contributed by atoms with van der Waals surface area (Å²) in [4.78, 5) is 0. The van der Waals surface area contributed by atoms with Gasteiger partial charge in [-0.2, -0.15) is 0 Å². The minimum Gasteiger partial charge on any atom is -0.377 e. The summed E-state index contributed by atoms with van der Waals surface area (Å²) in [5.74, 6) is -0.0460. The van der Waals surface area contributed by atoms with Crippen molar-refractivity contribution in [2.75, 3.05) is 21.3 Å². The highest BCUT2D eigenvalue weighted by atomic mass is 28.4. The van der Waals surface area contributed by atoms with Gasteiger partial charge in [0, 0.05) is 31.9 Å². The summed E-state index contributed by atoms with van der Waals surface area (Å²) < 4.78 is 16.6. The average molecular weight is 277 g/mol. The van der Waals surface area contributed by atoms with E-state index in [1.807, 2.05) is 27.7 Å². The van der Waals surface area contributed by atoms with Crippen molar-refractivity contribution in [2.24, 2.45) is 5.73 Å². The molecule has 0 radical (unpaired) electrons. The molecule has 0 atom stereocenters. The van der Waals surface area contributed by atoms with Crippen molar-refractivity contribution in [3.63, 3.8) is 0 Å². The Morgan fingerprint density at radius 3 is 1.78 bits per heavy atom. The zero-order chi connectivity index (χ0) is 14.6. The van der Waals surface area contributed by atoms with E-state index in [1.165, 1.54) is 0 Å². The standard InChI is InChI=1S/C11H27N3O3Si/c1-10(2,14-9(12)13)8-11(3,4)18(15-5,16-6)17-7/h8H2,1-7H3,(H4,12,13,14). The Morgan fingerprint density at radius 2 is 1.50 bits per heavy atom. The van der Waals surface area contributed by atoms with Crippen LogP contribution in [0.3, 0.4) is 0 Å². The SMILES string of the molecule is CO[Si](OC)(OC)C(C)(C)CC(C)(C)NC(=N)N. The largest absolute Gasteiger partial charge is 0.506 e. The highest BCUT2D eigenvalue weighted by Crippen LogP contribution is 2.44. The molecule has 0 aliphatic heterocycles. The van der Waals surface area contributed by atoms with Crippen LogP contribution in [0.15, 0.2) is 0 Å². The molecule has 4 N–H and O–H groups in total. The highest BCUT2D eigenvalue weighted by molar-refractivity contribution is 6.64. The maximum Gasteiger partial charge on any atom is 0.506 e. The topological polar surface area (TPSA) is 89.6 Å². The van der Waals surface area contributed by atoms with Crippen LogP contribution in [0.5, 0.6) is 0 Å². The third-order valence-corrected chi connectivity index (χ3v) is 6.44. The molecule has 7 heteroatoms.